The van der Waals surface area contributed by atoms with Gasteiger partial charge in [-0.05, 0) is 64.2 Å². The Kier molecular flexibility index (Phi) is 5.05. The minimum Gasteiger partial charge on any atom is -0.329 e. The Morgan fingerprint density at radius 2 is 2.00 bits per heavy atom. The van der Waals surface area contributed by atoms with Crippen LogP contribution in [0.1, 0.15) is 46.0 Å². The molecule has 0 spiro atoms. The predicted octanol–water partition coefficient (Wildman–Crippen LogP) is 1.92. The molecule has 2 unspecified atom stereocenters. The van der Waals surface area contributed by atoms with Crippen LogP contribution in [0.3, 0.4) is 0 Å². The van der Waals surface area contributed by atoms with E-state index in [-0.39, 0.29) is 0 Å². The summed E-state index contributed by atoms with van der Waals surface area (Å²) in [5, 5.41) is 0. The van der Waals surface area contributed by atoms with E-state index < -0.39 is 0 Å². The number of likely N-dealkylation sites (tertiary alicyclic amines) is 2. The zero-order chi connectivity index (χ0) is 13.0. The number of rotatable bonds is 3. The lowest BCUT2D eigenvalue weighted by Crippen LogP contribution is -2.57. The van der Waals surface area contributed by atoms with Crippen molar-refractivity contribution in [2.24, 2.45) is 11.7 Å². The zero-order valence-corrected chi connectivity index (χ0v) is 12.3. The van der Waals surface area contributed by atoms with E-state index in [0.29, 0.717) is 5.54 Å². The van der Waals surface area contributed by atoms with Crippen LogP contribution in [0, 0.1) is 5.92 Å². The number of nitrogens with two attached hydrogens (primary N) is 1. The third kappa shape index (κ3) is 3.06. The van der Waals surface area contributed by atoms with Crippen molar-refractivity contribution >= 4 is 0 Å². The van der Waals surface area contributed by atoms with Gasteiger partial charge >= 0.3 is 0 Å². The normalized spacial score (nSPS) is 36.5. The SMILES string of the molecule is CCN1CCCC(CN)(N2CCCC(C)C2)CC1. The predicted molar refractivity (Wildman–Crippen MR) is 77.7 cm³/mol. The Hall–Kier alpha value is -0.120. The standard InChI is InChI=1S/C15H31N3/c1-3-17-9-5-7-15(13-16,8-11-17)18-10-4-6-14(2)12-18/h14H,3-13,16H2,1-2H3. The molecule has 106 valence electrons. The van der Waals surface area contributed by atoms with Gasteiger partial charge in [-0.25, -0.2) is 0 Å². The van der Waals surface area contributed by atoms with E-state index in [0.717, 1.165) is 12.5 Å². The molecule has 3 heteroatoms. The van der Waals surface area contributed by atoms with Gasteiger partial charge in [0.2, 0.25) is 0 Å². The van der Waals surface area contributed by atoms with Crippen LogP contribution in [0.5, 0.6) is 0 Å². The van der Waals surface area contributed by atoms with Crippen molar-refractivity contribution in [2.45, 2.75) is 51.5 Å². The first-order chi connectivity index (χ1) is 8.70. The summed E-state index contributed by atoms with van der Waals surface area (Å²) in [6.45, 7) is 11.7. The summed E-state index contributed by atoms with van der Waals surface area (Å²) in [5.74, 6) is 0.854. The van der Waals surface area contributed by atoms with E-state index in [1.807, 2.05) is 0 Å². The molecule has 2 fully saturated rings. The molecule has 0 bridgehead atoms. The van der Waals surface area contributed by atoms with E-state index in [9.17, 15) is 0 Å². The molecular formula is C15H31N3. The lowest BCUT2D eigenvalue weighted by atomic mass is 9.85. The number of hydrogen-bond donors (Lipinski definition) is 1. The fourth-order valence-corrected chi connectivity index (χ4v) is 3.82. The van der Waals surface area contributed by atoms with Crippen molar-refractivity contribution in [1.82, 2.24) is 9.80 Å². The third-order valence-corrected chi connectivity index (χ3v) is 5.16. The molecule has 2 saturated heterocycles. The Labute approximate surface area is 113 Å². The van der Waals surface area contributed by atoms with Crippen molar-refractivity contribution in [2.75, 3.05) is 39.3 Å². The number of hydrogen-bond acceptors (Lipinski definition) is 3. The van der Waals surface area contributed by atoms with Crippen LogP contribution in [0.4, 0.5) is 0 Å². The Balaban J connectivity index is 2.04. The van der Waals surface area contributed by atoms with Crippen LogP contribution in [-0.4, -0.2) is 54.6 Å². The molecule has 3 nitrogen and oxygen atoms in total. The lowest BCUT2D eigenvalue weighted by molar-refractivity contribution is 0.0398. The highest BCUT2D eigenvalue weighted by Crippen LogP contribution is 2.32. The largest absolute Gasteiger partial charge is 0.329 e. The van der Waals surface area contributed by atoms with Crippen LogP contribution in [0.25, 0.3) is 0 Å². The van der Waals surface area contributed by atoms with Gasteiger partial charge in [-0.2, -0.15) is 0 Å². The van der Waals surface area contributed by atoms with E-state index in [4.69, 9.17) is 5.73 Å². The lowest BCUT2D eigenvalue weighted by Gasteiger charge is -2.46. The van der Waals surface area contributed by atoms with Crippen molar-refractivity contribution < 1.29 is 0 Å². The molecule has 0 aromatic rings. The van der Waals surface area contributed by atoms with Crippen LogP contribution in [-0.2, 0) is 0 Å². The first-order valence-corrected chi connectivity index (χ1v) is 7.87. The molecular weight excluding hydrogens is 222 g/mol. The van der Waals surface area contributed by atoms with E-state index in [2.05, 4.69) is 23.6 Å². The van der Waals surface area contributed by atoms with Crippen LogP contribution >= 0.6 is 0 Å². The molecule has 0 radical (unpaired) electrons. The molecule has 0 aromatic carbocycles. The summed E-state index contributed by atoms with van der Waals surface area (Å²) in [7, 11) is 0. The summed E-state index contributed by atoms with van der Waals surface area (Å²) >= 11 is 0. The summed E-state index contributed by atoms with van der Waals surface area (Å²) in [4.78, 5) is 5.32. The Morgan fingerprint density at radius 1 is 1.17 bits per heavy atom. The summed E-state index contributed by atoms with van der Waals surface area (Å²) in [5.41, 5.74) is 6.51. The molecule has 2 atom stereocenters. The summed E-state index contributed by atoms with van der Waals surface area (Å²) < 4.78 is 0. The van der Waals surface area contributed by atoms with Gasteiger partial charge in [0.05, 0.1) is 0 Å². The third-order valence-electron chi connectivity index (χ3n) is 5.16. The van der Waals surface area contributed by atoms with Crippen molar-refractivity contribution in [3.63, 3.8) is 0 Å². The second-order valence-corrected chi connectivity index (χ2v) is 6.41. The number of piperidine rings is 1. The van der Waals surface area contributed by atoms with Gasteiger partial charge in [0, 0.05) is 18.6 Å². The molecule has 0 saturated carbocycles. The maximum atomic E-state index is 6.21. The monoisotopic (exact) mass is 253 g/mol. The van der Waals surface area contributed by atoms with Crippen molar-refractivity contribution in [1.29, 1.82) is 0 Å². The highest BCUT2D eigenvalue weighted by atomic mass is 15.2. The Bertz CT molecular complexity index is 256. The second kappa shape index (κ2) is 6.36. The van der Waals surface area contributed by atoms with Gasteiger partial charge in [-0.15, -0.1) is 0 Å². The van der Waals surface area contributed by atoms with Gasteiger partial charge < -0.3 is 10.6 Å². The van der Waals surface area contributed by atoms with E-state index >= 15 is 0 Å². The summed E-state index contributed by atoms with van der Waals surface area (Å²) in [6, 6.07) is 0. The zero-order valence-electron chi connectivity index (χ0n) is 12.3. The van der Waals surface area contributed by atoms with E-state index in [1.54, 1.807) is 0 Å². The highest BCUT2D eigenvalue weighted by Gasteiger charge is 2.38. The van der Waals surface area contributed by atoms with Crippen molar-refractivity contribution in [3.8, 4) is 0 Å². The fourth-order valence-electron chi connectivity index (χ4n) is 3.82. The van der Waals surface area contributed by atoms with E-state index in [1.165, 1.54) is 64.8 Å². The molecule has 0 aliphatic carbocycles. The van der Waals surface area contributed by atoms with Gasteiger partial charge in [-0.1, -0.05) is 13.8 Å². The molecule has 0 amide bonds. The topological polar surface area (TPSA) is 32.5 Å². The van der Waals surface area contributed by atoms with Crippen LogP contribution < -0.4 is 5.73 Å². The molecule has 2 aliphatic rings. The average molecular weight is 253 g/mol. The summed E-state index contributed by atoms with van der Waals surface area (Å²) in [6.07, 6.45) is 6.64. The van der Waals surface area contributed by atoms with Crippen molar-refractivity contribution in [3.05, 3.63) is 0 Å². The molecule has 2 rings (SSSR count). The van der Waals surface area contributed by atoms with Crippen LogP contribution in [0.2, 0.25) is 0 Å². The second-order valence-electron chi connectivity index (χ2n) is 6.41. The van der Waals surface area contributed by atoms with Gasteiger partial charge in [0.1, 0.15) is 0 Å². The first-order valence-electron chi connectivity index (χ1n) is 7.87. The molecule has 2 N–H and O–H groups in total. The van der Waals surface area contributed by atoms with Gasteiger partial charge in [0.25, 0.3) is 0 Å². The van der Waals surface area contributed by atoms with Crippen LogP contribution in [0.15, 0.2) is 0 Å². The minimum absolute atomic E-state index is 0.304. The maximum Gasteiger partial charge on any atom is 0.0344 e. The quantitative estimate of drug-likeness (QED) is 0.834. The maximum absolute atomic E-state index is 6.21. The minimum atomic E-state index is 0.304. The molecule has 2 heterocycles. The molecule has 18 heavy (non-hydrogen) atoms. The highest BCUT2D eigenvalue weighted by molar-refractivity contribution is 4.96. The first kappa shape index (κ1) is 14.3. The average Bonchev–Trinajstić information content (AvgIpc) is 2.61. The smallest absolute Gasteiger partial charge is 0.0344 e. The molecule has 2 aliphatic heterocycles. The molecule has 0 aromatic heterocycles. The fraction of sp³-hybridized carbons (Fsp3) is 1.00. The van der Waals surface area contributed by atoms with Gasteiger partial charge in [-0.3, -0.25) is 4.90 Å². The Morgan fingerprint density at radius 3 is 2.67 bits per heavy atom. The van der Waals surface area contributed by atoms with Gasteiger partial charge in [0.15, 0.2) is 0 Å². The number of nitrogens with zero attached hydrogens (tertiary/aromatic N) is 2.